The summed E-state index contributed by atoms with van der Waals surface area (Å²) in [6.45, 7) is 1.40. The highest BCUT2D eigenvalue weighted by atomic mass is 35.6. The zero-order valence-electron chi connectivity index (χ0n) is 15.4. The van der Waals surface area contributed by atoms with Crippen LogP contribution in [0.25, 0.3) is 0 Å². The molecule has 0 aromatic heterocycles. The van der Waals surface area contributed by atoms with E-state index in [0.29, 0.717) is 0 Å². The van der Waals surface area contributed by atoms with E-state index in [-0.39, 0.29) is 37.2 Å². The van der Waals surface area contributed by atoms with E-state index in [1.54, 1.807) is 0 Å². The Bertz CT molecular complexity index is 747. The molecule has 1 heterocycles. The molecule has 1 aliphatic heterocycles. The number of hydrogen-bond donors (Lipinski definition) is 1. The van der Waals surface area contributed by atoms with E-state index >= 15 is 0 Å². The number of alkyl halides is 6. The van der Waals surface area contributed by atoms with Gasteiger partial charge in [-0.05, 0) is 32.6 Å². The molecular formula is C15H20Cl6N2O5S. The third-order valence-electron chi connectivity index (χ3n) is 4.03. The van der Waals surface area contributed by atoms with Gasteiger partial charge < -0.3 is 4.74 Å². The molecule has 2 amide bonds. The molecular weight excluding hydrogens is 533 g/mol. The number of halogens is 6. The summed E-state index contributed by atoms with van der Waals surface area (Å²) in [6.07, 6.45) is 0.940. The fraction of sp³-hybridized carbons (Fsp3) is 0.733. The SMILES string of the molecule is CCS(=O)(=O)N[C@H](CCC(Cl)(Cl)Cl)C(=O)N1C(=O)C=C(OC)[C@@H]1CCC(Cl)(Cl)Cl. The zero-order valence-corrected chi connectivity index (χ0v) is 20.8. The van der Waals surface area contributed by atoms with Crippen LogP contribution in [0, 0.1) is 0 Å². The first kappa shape index (κ1) is 27.4. The minimum atomic E-state index is -3.80. The van der Waals surface area contributed by atoms with E-state index in [9.17, 15) is 18.0 Å². The number of imide groups is 1. The molecule has 2 atom stereocenters. The zero-order chi connectivity index (χ0) is 22.6. The van der Waals surface area contributed by atoms with Crippen molar-refractivity contribution >= 4 is 91.4 Å². The highest BCUT2D eigenvalue weighted by molar-refractivity contribution is 7.89. The molecule has 7 nitrogen and oxygen atoms in total. The maximum atomic E-state index is 13.1. The standard InChI is InChI=1S/C15H20Cl6N2O5S/c1-3-29(26,27)22-9(4-6-14(16,17)18)13(25)23-10(5-7-15(19,20)21)11(28-2)8-12(23)24/h8-10,22H,3-7H2,1-2H3/t9-,10+/m1/s1. The van der Waals surface area contributed by atoms with Gasteiger partial charge >= 0.3 is 0 Å². The van der Waals surface area contributed by atoms with Crippen LogP contribution in [0.2, 0.25) is 0 Å². The van der Waals surface area contributed by atoms with E-state index in [1.807, 2.05) is 0 Å². The number of rotatable bonds is 9. The molecule has 0 radical (unpaired) electrons. The van der Waals surface area contributed by atoms with Gasteiger partial charge in [0.05, 0.1) is 18.9 Å². The monoisotopic (exact) mass is 550 g/mol. The van der Waals surface area contributed by atoms with Gasteiger partial charge in [0.25, 0.3) is 5.91 Å². The minimum absolute atomic E-state index is 0.0135. The number of carbonyl (C=O) groups excluding carboxylic acids is 2. The van der Waals surface area contributed by atoms with E-state index in [0.717, 1.165) is 11.0 Å². The summed E-state index contributed by atoms with van der Waals surface area (Å²) in [5, 5.41) is 0. The molecule has 0 aromatic carbocycles. The minimum Gasteiger partial charge on any atom is -0.499 e. The molecule has 1 N–H and O–H groups in total. The van der Waals surface area contributed by atoms with Crippen molar-refractivity contribution in [2.45, 2.75) is 52.3 Å². The Kier molecular flexibility index (Phi) is 10.2. The fourth-order valence-electron chi connectivity index (χ4n) is 2.61. The van der Waals surface area contributed by atoms with Crippen LogP contribution in [-0.2, 0) is 24.3 Å². The van der Waals surface area contributed by atoms with Gasteiger partial charge in [0.2, 0.25) is 15.9 Å². The van der Waals surface area contributed by atoms with Crippen LogP contribution >= 0.6 is 69.6 Å². The van der Waals surface area contributed by atoms with E-state index in [1.165, 1.54) is 14.0 Å². The predicted octanol–water partition coefficient (Wildman–Crippen LogP) is 3.86. The van der Waals surface area contributed by atoms with Gasteiger partial charge in [0.1, 0.15) is 11.8 Å². The lowest BCUT2D eigenvalue weighted by Crippen LogP contribution is -2.52. The fourth-order valence-corrected chi connectivity index (χ4v) is 4.08. The summed E-state index contributed by atoms with van der Waals surface area (Å²) in [4.78, 5) is 26.5. The van der Waals surface area contributed by atoms with Crippen molar-refractivity contribution in [3.63, 3.8) is 0 Å². The van der Waals surface area contributed by atoms with Gasteiger partial charge in [0.15, 0.2) is 7.59 Å². The molecule has 0 saturated heterocycles. The molecule has 0 saturated carbocycles. The van der Waals surface area contributed by atoms with Crippen molar-refractivity contribution in [2.24, 2.45) is 0 Å². The molecule has 1 aliphatic rings. The quantitative estimate of drug-likeness (QED) is 0.438. The van der Waals surface area contributed by atoms with Gasteiger partial charge in [-0.3, -0.25) is 14.5 Å². The summed E-state index contributed by atoms with van der Waals surface area (Å²) in [7, 11) is -2.47. The van der Waals surface area contributed by atoms with Crippen molar-refractivity contribution < 1.29 is 22.7 Å². The molecule has 1 rings (SSSR count). The van der Waals surface area contributed by atoms with Crippen molar-refractivity contribution in [2.75, 3.05) is 12.9 Å². The van der Waals surface area contributed by atoms with Crippen LogP contribution in [0.1, 0.15) is 32.6 Å². The lowest BCUT2D eigenvalue weighted by molar-refractivity contribution is -0.144. The van der Waals surface area contributed by atoms with E-state index in [4.69, 9.17) is 74.3 Å². The van der Waals surface area contributed by atoms with Crippen LogP contribution in [0.5, 0.6) is 0 Å². The number of nitrogens with zero attached hydrogens (tertiary/aromatic N) is 1. The van der Waals surface area contributed by atoms with Crippen LogP contribution in [-0.4, -0.2) is 57.7 Å². The summed E-state index contributed by atoms with van der Waals surface area (Å²) >= 11 is 34.6. The summed E-state index contributed by atoms with van der Waals surface area (Å²) < 4.78 is 28.2. The highest BCUT2D eigenvalue weighted by Gasteiger charge is 2.43. The largest absolute Gasteiger partial charge is 0.499 e. The Morgan fingerprint density at radius 2 is 1.76 bits per heavy atom. The first-order chi connectivity index (χ1) is 13.1. The predicted molar refractivity (Wildman–Crippen MR) is 116 cm³/mol. The smallest absolute Gasteiger partial charge is 0.257 e. The van der Waals surface area contributed by atoms with Gasteiger partial charge in [-0.1, -0.05) is 69.6 Å². The number of nitrogens with one attached hydrogen (secondary N) is 1. The number of ether oxygens (including phenoxy) is 1. The average molecular weight is 553 g/mol. The number of sulfonamides is 1. The van der Waals surface area contributed by atoms with Crippen molar-refractivity contribution in [3.05, 3.63) is 11.8 Å². The second-order valence-electron chi connectivity index (χ2n) is 6.19. The maximum Gasteiger partial charge on any atom is 0.257 e. The first-order valence-electron chi connectivity index (χ1n) is 8.36. The summed E-state index contributed by atoms with van der Waals surface area (Å²) in [6, 6.07) is -2.20. The Hall–Kier alpha value is 0.330. The highest BCUT2D eigenvalue weighted by Crippen LogP contribution is 2.36. The molecule has 0 unspecified atom stereocenters. The molecule has 14 heteroatoms. The second-order valence-corrected chi connectivity index (χ2v) is 13.3. The van der Waals surface area contributed by atoms with Crippen LogP contribution in [0.4, 0.5) is 0 Å². The van der Waals surface area contributed by atoms with Gasteiger partial charge in [-0.2, -0.15) is 0 Å². The third-order valence-corrected chi connectivity index (χ3v) is 6.57. The summed E-state index contributed by atoms with van der Waals surface area (Å²) in [5.74, 6) is -1.60. The van der Waals surface area contributed by atoms with Crippen molar-refractivity contribution in [3.8, 4) is 0 Å². The third kappa shape index (κ3) is 9.15. The molecule has 0 spiro atoms. The Morgan fingerprint density at radius 3 is 2.21 bits per heavy atom. The molecule has 0 bridgehead atoms. The Morgan fingerprint density at radius 1 is 1.21 bits per heavy atom. The topological polar surface area (TPSA) is 92.8 Å². The normalized spacial score (nSPS) is 19.3. The van der Waals surface area contributed by atoms with Crippen molar-refractivity contribution in [1.82, 2.24) is 9.62 Å². The van der Waals surface area contributed by atoms with Crippen LogP contribution in [0.3, 0.4) is 0 Å². The van der Waals surface area contributed by atoms with Crippen molar-refractivity contribution in [1.29, 1.82) is 0 Å². The van der Waals surface area contributed by atoms with Crippen LogP contribution in [0.15, 0.2) is 11.8 Å². The average Bonchev–Trinajstić information content (AvgIpc) is 2.90. The van der Waals surface area contributed by atoms with Gasteiger partial charge in [-0.25, -0.2) is 13.1 Å². The molecule has 29 heavy (non-hydrogen) atoms. The number of methoxy groups -OCH3 is 1. The Labute approximate surface area is 199 Å². The molecule has 168 valence electrons. The second kappa shape index (κ2) is 10.8. The van der Waals surface area contributed by atoms with E-state index < -0.39 is 41.5 Å². The van der Waals surface area contributed by atoms with Gasteiger partial charge in [0, 0.05) is 6.08 Å². The first-order valence-corrected chi connectivity index (χ1v) is 12.3. The lowest BCUT2D eigenvalue weighted by Gasteiger charge is -2.30. The number of hydrogen-bond acceptors (Lipinski definition) is 5. The Balaban J connectivity index is 3.16. The molecule has 0 fully saturated rings. The van der Waals surface area contributed by atoms with E-state index in [2.05, 4.69) is 4.72 Å². The maximum absolute atomic E-state index is 13.1. The number of amides is 2. The summed E-state index contributed by atoms with van der Waals surface area (Å²) in [5.41, 5.74) is 0. The number of carbonyl (C=O) groups is 2. The van der Waals surface area contributed by atoms with Crippen LogP contribution < -0.4 is 4.72 Å². The lowest BCUT2D eigenvalue weighted by atomic mass is 10.1. The molecule has 0 aromatic rings. The van der Waals surface area contributed by atoms with Gasteiger partial charge in [-0.15, -0.1) is 0 Å². The molecule has 0 aliphatic carbocycles.